The predicted octanol–water partition coefficient (Wildman–Crippen LogP) is 1.60. The summed E-state index contributed by atoms with van der Waals surface area (Å²) in [5.74, 6) is -0.388. The van der Waals surface area contributed by atoms with E-state index in [2.05, 4.69) is 5.32 Å². The molecule has 0 atom stereocenters. The topological polar surface area (TPSA) is 87.4 Å². The quantitative estimate of drug-likeness (QED) is 0.601. The fourth-order valence-electron chi connectivity index (χ4n) is 3.01. The number of amides is 1. The van der Waals surface area contributed by atoms with E-state index in [-0.39, 0.29) is 23.1 Å². The molecule has 0 saturated carbocycles. The van der Waals surface area contributed by atoms with Gasteiger partial charge in [0.05, 0.1) is 10.5 Å². The first-order chi connectivity index (χ1) is 12.9. The fourth-order valence-corrected chi connectivity index (χ4v) is 4.57. The molecule has 2 aromatic rings. The van der Waals surface area contributed by atoms with Crippen molar-refractivity contribution in [1.82, 2.24) is 4.31 Å². The number of ketones is 1. The van der Waals surface area contributed by atoms with Crippen molar-refractivity contribution in [3.63, 3.8) is 0 Å². The Labute approximate surface area is 158 Å². The first kappa shape index (κ1) is 19.2. The number of hydrogen-bond acceptors (Lipinski definition) is 4. The molecule has 1 aromatic heterocycles. The summed E-state index contributed by atoms with van der Waals surface area (Å²) in [5.41, 5.74) is 0.938. The number of Topliss-reactive ketones (excluding diaryl/α,β-unsaturated/α-hetero) is 1. The maximum absolute atomic E-state index is 12.6. The Morgan fingerprint density at radius 3 is 2.59 bits per heavy atom. The molecule has 1 saturated heterocycles. The number of nitrogens with one attached hydrogen (secondary N) is 1. The average Bonchev–Trinajstić information content (AvgIpc) is 3.17. The van der Waals surface area contributed by atoms with Crippen LogP contribution in [0, 0.1) is 0 Å². The number of pyridine rings is 1. The summed E-state index contributed by atoms with van der Waals surface area (Å²) in [4.78, 5) is 23.9. The number of aromatic nitrogens is 1. The van der Waals surface area contributed by atoms with Gasteiger partial charge in [-0.25, -0.2) is 8.42 Å². The number of hydrogen-bond donors (Lipinski definition) is 1. The molecule has 8 heteroatoms. The van der Waals surface area contributed by atoms with Crippen LogP contribution < -0.4 is 9.88 Å². The highest BCUT2D eigenvalue weighted by atomic mass is 32.2. The second kappa shape index (κ2) is 7.98. The van der Waals surface area contributed by atoms with Crippen molar-refractivity contribution in [3.8, 4) is 0 Å². The minimum absolute atomic E-state index is 0.0181. The maximum atomic E-state index is 12.6. The van der Waals surface area contributed by atoms with Gasteiger partial charge in [-0.05, 0) is 44.0 Å². The summed E-state index contributed by atoms with van der Waals surface area (Å²) in [6.07, 6.45) is 5.04. The van der Waals surface area contributed by atoms with Crippen LogP contribution in [0.3, 0.4) is 0 Å². The van der Waals surface area contributed by atoms with Crippen molar-refractivity contribution in [2.75, 3.05) is 18.4 Å². The minimum Gasteiger partial charge on any atom is -0.321 e. The molecule has 1 fully saturated rings. The lowest BCUT2D eigenvalue weighted by Crippen LogP contribution is -2.40. The predicted molar refractivity (Wildman–Crippen MR) is 99.7 cm³/mol. The molecule has 0 bridgehead atoms. The molecule has 7 nitrogen and oxygen atoms in total. The molecule has 1 aliphatic rings. The standard InChI is InChI=1S/C19H21N3O4S/c1-15(23)16-6-5-9-21(13-16)14-19(24)20-17-7-4-8-18(12-17)27(25,26)22-10-2-3-11-22/h4-9,12-13H,2-3,10-11,14H2,1H3/p+1. The van der Waals surface area contributed by atoms with Crippen LogP contribution >= 0.6 is 0 Å². The average molecular weight is 388 g/mol. The van der Waals surface area contributed by atoms with E-state index in [0.29, 0.717) is 24.3 Å². The van der Waals surface area contributed by atoms with Crippen molar-refractivity contribution >= 4 is 27.4 Å². The van der Waals surface area contributed by atoms with E-state index in [4.69, 9.17) is 0 Å². The third-order valence-corrected chi connectivity index (χ3v) is 6.31. The van der Waals surface area contributed by atoms with Crippen molar-refractivity contribution in [2.45, 2.75) is 31.2 Å². The SMILES string of the molecule is CC(=O)c1ccc[n+](CC(=O)Nc2cccc(S(=O)(=O)N3CCCC3)c2)c1. The van der Waals surface area contributed by atoms with Gasteiger partial charge in [-0.3, -0.25) is 9.59 Å². The van der Waals surface area contributed by atoms with Crippen molar-refractivity contribution < 1.29 is 22.6 Å². The zero-order chi connectivity index (χ0) is 19.4. The number of nitrogens with zero attached hydrogens (tertiary/aromatic N) is 2. The van der Waals surface area contributed by atoms with Gasteiger partial charge in [0.2, 0.25) is 16.6 Å². The van der Waals surface area contributed by atoms with Gasteiger partial charge in [0.1, 0.15) is 0 Å². The lowest BCUT2D eigenvalue weighted by Gasteiger charge is -2.16. The number of sulfonamides is 1. The second-order valence-electron chi connectivity index (χ2n) is 6.51. The summed E-state index contributed by atoms with van der Waals surface area (Å²) in [6.45, 7) is 2.54. The molecule has 1 aromatic carbocycles. The van der Waals surface area contributed by atoms with Gasteiger partial charge >= 0.3 is 0 Å². The van der Waals surface area contributed by atoms with Crippen LogP contribution in [-0.4, -0.2) is 37.5 Å². The van der Waals surface area contributed by atoms with Crippen LogP contribution in [0.25, 0.3) is 0 Å². The normalized spacial score (nSPS) is 14.9. The third kappa shape index (κ3) is 4.58. The zero-order valence-corrected chi connectivity index (χ0v) is 15.9. The highest BCUT2D eigenvalue weighted by Gasteiger charge is 2.27. The van der Waals surface area contributed by atoms with Gasteiger partial charge in [-0.2, -0.15) is 8.87 Å². The molecule has 1 amide bonds. The molecule has 27 heavy (non-hydrogen) atoms. The molecule has 0 unspecified atom stereocenters. The van der Waals surface area contributed by atoms with E-state index in [1.165, 1.54) is 23.4 Å². The molecule has 1 aliphatic heterocycles. The van der Waals surface area contributed by atoms with Gasteiger partial charge < -0.3 is 5.32 Å². The molecule has 1 N–H and O–H groups in total. The van der Waals surface area contributed by atoms with Crippen LogP contribution in [0.1, 0.15) is 30.1 Å². The largest absolute Gasteiger partial charge is 0.321 e. The van der Waals surface area contributed by atoms with Crippen LogP contribution in [0.2, 0.25) is 0 Å². The van der Waals surface area contributed by atoms with Crippen LogP contribution in [0.5, 0.6) is 0 Å². The number of carbonyl (C=O) groups is 2. The molecular weight excluding hydrogens is 366 g/mol. The molecule has 0 aliphatic carbocycles. The Balaban J connectivity index is 1.71. The number of anilines is 1. The van der Waals surface area contributed by atoms with E-state index in [1.807, 2.05) is 0 Å². The third-order valence-electron chi connectivity index (χ3n) is 4.41. The highest BCUT2D eigenvalue weighted by Crippen LogP contribution is 2.23. The Morgan fingerprint density at radius 1 is 1.15 bits per heavy atom. The van der Waals surface area contributed by atoms with Crippen LogP contribution in [-0.2, 0) is 21.4 Å². The van der Waals surface area contributed by atoms with Crippen molar-refractivity contribution in [3.05, 3.63) is 54.4 Å². The number of rotatable bonds is 6. The van der Waals surface area contributed by atoms with Crippen LogP contribution in [0.15, 0.2) is 53.7 Å². The van der Waals surface area contributed by atoms with Crippen LogP contribution in [0.4, 0.5) is 5.69 Å². The van der Waals surface area contributed by atoms with Gasteiger partial charge in [-0.1, -0.05) is 6.07 Å². The Morgan fingerprint density at radius 2 is 1.89 bits per heavy atom. The van der Waals surface area contributed by atoms with E-state index in [1.54, 1.807) is 41.2 Å². The summed E-state index contributed by atoms with van der Waals surface area (Å²) in [7, 11) is -3.53. The number of benzene rings is 1. The van der Waals surface area contributed by atoms with E-state index >= 15 is 0 Å². The Bertz CT molecular complexity index is 966. The van der Waals surface area contributed by atoms with Crippen molar-refractivity contribution in [1.29, 1.82) is 0 Å². The summed E-state index contributed by atoms with van der Waals surface area (Å²) in [6, 6.07) is 9.66. The van der Waals surface area contributed by atoms with Crippen molar-refractivity contribution in [2.24, 2.45) is 0 Å². The molecule has 0 radical (unpaired) electrons. The molecule has 2 heterocycles. The molecule has 142 valence electrons. The summed E-state index contributed by atoms with van der Waals surface area (Å²) < 4.78 is 28.4. The van der Waals surface area contributed by atoms with E-state index in [9.17, 15) is 18.0 Å². The summed E-state index contributed by atoms with van der Waals surface area (Å²) in [5, 5.41) is 2.71. The first-order valence-corrected chi connectivity index (χ1v) is 10.2. The van der Waals surface area contributed by atoms with Gasteiger partial charge in [0, 0.05) is 24.8 Å². The zero-order valence-electron chi connectivity index (χ0n) is 15.1. The monoisotopic (exact) mass is 388 g/mol. The number of carbonyl (C=O) groups excluding carboxylic acids is 2. The van der Waals surface area contributed by atoms with Gasteiger partial charge in [0.25, 0.3) is 5.91 Å². The lowest BCUT2D eigenvalue weighted by molar-refractivity contribution is -0.684. The second-order valence-corrected chi connectivity index (χ2v) is 8.45. The lowest BCUT2D eigenvalue weighted by atomic mass is 10.2. The fraction of sp³-hybridized carbons (Fsp3) is 0.316. The van der Waals surface area contributed by atoms with Gasteiger partial charge in [-0.15, -0.1) is 0 Å². The first-order valence-electron chi connectivity index (χ1n) is 8.76. The smallest absolute Gasteiger partial charge is 0.290 e. The molecule has 0 spiro atoms. The molecular formula is C19H22N3O4S+. The molecule has 3 rings (SSSR count). The van der Waals surface area contributed by atoms with E-state index in [0.717, 1.165) is 12.8 Å². The van der Waals surface area contributed by atoms with Gasteiger partial charge in [0.15, 0.2) is 18.2 Å². The highest BCUT2D eigenvalue weighted by molar-refractivity contribution is 7.89. The van der Waals surface area contributed by atoms with E-state index < -0.39 is 10.0 Å². The Kier molecular flexibility index (Phi) is 5.67. The maximum Gasteiger partial charge on any atom is 0.290 e. The summed E-state index contributed by atoms with van der Waals surface area (Å²) >= 11 is 0. The minimum atomic E-state index is -3.53. The Hall–Kier alpha value is -2.58.